The first-order chi connectivity index (χ1) is 7.15. The summed E-state index contributed by atoms with van der Waals surface area (Å²) in [5.41, 5.74) is -1.06. The zero-order valence-electron chi connectivity index (χ0n) is 8.29. The predicted molar refractivity (Wildman–Crippen MR) is 59.4 cm³/mol. The lowest BCUT2D eigenvalue weighted by molar-refractivity contribution is 0.864. The van der Waals surface area contributed by atoms with Gasteiger partial charge in [-0.1, -0.05) is 0 Å². The first-order valence-electron chi connectivity index (χ1n) is 4.63. The second-order valence-electron chi connectivity index (χ2n) is 3.60. The van der Waals surface area contributed by atoms with Crippen molar-refractivity contribution in [3.63, 3.8) is 0 Å². The molecule has 1 aromatic heterocycles. The van der Waals surface area contributed by atoms with Crippen LogP contribution in [-0.2, 0) is 0 Å². The average Bonchev–Trinajstić information content (AvgIpc) is 2.97. The number of hydrogen-bond acceptors (Lipinski definition) is 5. The number of hydrogen-bond donors (Lipinski definition) is 3. The van der Waals surface area contributed by atoms with Gasteiger partial charge in [0.25, 0.3) is 5.56 Å². The van der Waals surface area contributed by atoms with Crippen molar-refractivity contribution in [2.24, 2.45) is 0 Å². The van der Waals surface area contributed by atoms with E-state index in [0.29, 0.717) is 6.54 Å². The van der Waals surface area contributed by atoms with Crippen LogP contribution in [0.25, 0.3) is 0 Å². The minimum atomic E-state index is -0.587. The van der Waals surface area contributed by atoms with E-state index in [1.54, 1.807) is 11.8 Å². The summed E-state index contributed by atoms with van der Waals surface area (Å²) in [4.78, 5) is 24.1. The number of anilines is 1. The summed E-state index contributed by atoms with van der Waals surface area (Å²) < 4.78 is 0.254. The zero-order valence-corrected chi connectivity index (χ0v) is 9.11. The summed E-state index contributed by atoms with van der Waals surface area (Å²) in [5.74, 6) is 0.176. The Hall–Kier alpha value is -1.24. The molecule has 1 fully saturated rings. The lowest BCUT2D eigenvalue weighted by Crippen LogP contribution is -2.29. The molecule has 0 spiro atoms. The standard InChI is InChI=1S/C8H12N4O2S/c1-15-8(2-3-8)4-9-5-6(13)10-7(14)12-11-5/h2-4H2,1H3,(H,9,11)(H2,10,12,13,14). The van der Waals surface area contributed by atoms with Crippen molar-refractivity contribution in [2.75, 3.05) is 18.1 Å². The van der Waals surface area contributed by atoms with Crippen LogP contribution in [-0.4, -0.2) is 32.7 Å². The third-order valence-corrected chi connectivity index (χ3v) is 3.95. The summed E-state index contributed by atoms with van der Waals surface area (Å²) in [5, 5.41) is 8.77. The molecule has 1 aliphatic rings. The third-order valence-electron chi connectivity index (χ3n) is 2.53. The van der Waals surface area contributed by atoms with E-state index >= 15 is 0 Å². The predicted octanol–water partition coefficient (Wildman–Crippen LogP) is -0.234. The van der Waals surface area contributed by atoms with Gasteiger partial charge < -0.3 is 5.32 Å². The maximum atomic E-state index is 11.3. The highest BCUT2D eigenvalue weighted by Crippen LogP contribution is 2.46. The molecule has 0 bridgehead atoms. The summed E-state index contributed by atoms with van der Waals surface area (Å²) >= 11 is 1.79. The molecule has 0 aliphatic heterocycles. The lowest BCUT2D eigenvalue weighted by atomic mass is 10.4. The smallest absolute Gasteiger partial charge is 0.342 e. The molecule has 0 radical (unpaired) electrons. The molecule has 0 amide bonds. The van der Waals surface area contributed by atoms with Gasteiger partial charge in [-0.2, -0.15) is 11.8 Å². The molecule has 7 heteroatoms. The van der Waals surface area contributed by atoms with Gasteiger partial charge in [-0.05, 0) is 19.1 Å². The van der Waals surface area contributed by atoms with Crippen LogP contribution in [0.4, 0.5) is 5.82 Å². The molecule has 0 saturated heterocycles. The number of H-pyrrole nitrogens is 2. The Labute approximate surface area is 89.9 Å². The second kappa shape index (κ2) is 3.73. The Morgan fingerprint density at radius 3 is 2.80 bits per heavy atom. The Balaban J connectivity index is 2.05. The molecule has 6 nitrogen and oxygen atoms in total. The number of thioether (sulfide) groups is 1. The van der Waals surface area contributed by atoms with Gasteiger partial charge in [0.15, 0.2) is 0 Å². The molecule has 0 aromatic carbocycles. The van der Waals surface area contributed by atoms with Crippen molar-refractivity contribution in [3.8, 4) is 0 Å². The van der Waals surface area contributed by atoms with Crippen molar-refractivity contribution in [1.82, 2.24) is 15.2 Å². The van der Waals surface area contributed by atoms with Crippen molar-refractivity contribution in [3.05, 3.63) is 20.8 Å². The van der Waals surface area contributed by atoms with E-state index in [1.807, 2.05) is 0 Å². The van der Waals surface area contributed by atoms with Crippen LogP contribution < -0.4 is 16.6 Å². The Kier molecular flexibility index (Phi) is 2.56. The fourth-order valence-corrected chi connectivity index (χ4v) is 2.03. The monoisotopic (exact) mass is 228 g/mol. The van der Waals surface area contributed by atoms with Gasteiger partial charge in [-0.25, -0.2) is 9.89 Å². The third kappa shape index (κ3) is 2.23. The summed E-state index contributed by atoms with van der Waals surface area (Å²) in [6.07, 6.45) is 4.37. The fraction of sp³-hybridized carbons (Fsp3) is 0.625. The van der Waals surface area contributed by atoms with Crippen LogP contribution >= 0.6 is 11.8 Å². The zero-order chi connectivity index (χ0) is 10.9. The molecule has 3 N–H and O–H groups in total. The molecule has 0 unspecified atom stereocenters. The highest BCUT2D eigenvalue weighted by Gasteiger charge is 2.41. The Morgan fingerprint density at radius 2 is 2.27 bits per heavy atom. The summed E-state index contributed by atoms with van der Waals surface area (Å²) in [7, 11) is 0. The number of aromatic amines is 2. The minimum absolute atomic E-state index is 0.176. The quantitative estimate of drug-likeness (QED) is 0.662. The van der Waals surface area contributed by atoms with Gasteiger partial charge in [0.05, 0.1) is 0 Å². The van der Waals surface area contributed by atoms with Crippen molar-refractivity contribution in [1.29, 1.82) is 0 Å². The van der Waals surface area contributed by atoms with Gasteiger partial charge in [0.1, 0.15) is 0 Å². The number of aromatic nitrogens is 3. The molecular weight excluding hydrogens is 216 g/mol. The highest BCUT2D eigenvalue weighted by atomic mass is 32.2. The Bertz CT molecular complexity index is 462. The summed E-state index contributed by atoms with van der Waals surface area (Å²) in [6.45, 7) is 0.705. The van der Waals surface area contributed by atoms with Gasteiger partial charge in [-0.3, -0.25) is 9.78 Å². The first kappa shape index (κ1) is 10.3. The van der Waals surface area contributed by atoms with Crippen LogP contribution in [0.3, 0.4) is 0 Å². The number of rotatable bonds is 4. The van der Waals surface area contributed by atoms with E-state index in [4.69, 9.17) is 0 Å². The number of nitrogens with one attached hydrogen (secondary N) is 3. The maximum Gasteiger partial charge on any atom is 0.342 e. The second-order valence-corrected chi connectivity index (χ2v) is 4.87. The first-order valence-corrected chi connectivity index (χ1v) is 5.86. The molecule has 1 heterocycles. The SMILES string of the molecule is CSC1(CNc2n[nH]c(=O)[nH]c2=O)CC1. The van der Waals surface area contributed by atoms with E-state index in [9.17, 15) is 9.59 Å². The molecule has 1 aliphatic carbocycles. The van der Waals surface area contributed by atoms with E-state index in [0.717, 1.165) is 12.8 Å². The normalized spacial score (nSPS) is 17.4. The molecule has 2 rings (SSSR count). The number of nitrogens with zero attached hydrogens (tertiary/aromatic N) is 1. The van der Waals surface area contributed by atoms with E-state index in [-0.39, 0.29) is 10.6 Å². The largest absolute Gasteiger partial charge is 0.363 e. The van der Waals surface area contributed by atoms with Crippen molar-refractivity contribution < 1.29 is 0 Å². The van der Waals surface area contributed by atoms with Crippen molar-refractivity contribution >= 4 is 17.6 Å². The van der Waals surface area contributed by atoms with Crippen LogP contribution in [0.1, 0.15) is 12.8 Å². The van der Waals surface area contributed by atoms with Crippen LogP contribution in [0.2, 0.25) is 0 Å². The Morgan fingerprint density at radius 1 is 1.53 bits per heavy atom. The molecular formula is C8H12N4O2S. The maximum absolute atomic E-state index is 11.3. The van der Waals surface area contributed by atoms with Gasteiger partial charge in [0.2, 0.25) is 5.82 Å². The lowest BCUT2D eigenvalue weighted by Gasteiger charge is -2.12. The topological polar surface area (TPSA) is 90.6 Å². The van der Waals surface area contributed by atoms with Gasteiger partial charge in [0, 0.05) is 11.3 Å². The van der Waals surface area contributed by atoms with Gasteiger partial charge >= 0.3 is 5.69 Å². The summed E-state index contributed by atoms with van der Waals surface area (Å²) in [6, 6.07) is 0. The average molecular weight is 228 g/mol. The molecule has 82 valence electrons. The van der Waals surface area contributed by atoms with Crippen LogP contribution in [0.15, 0.2) is 9.59 Å². The van der Waals surface area contributed by atoms with Crippen molar-refractivity contribution in [2.45, 2.75) is 17.6 Å². The molecule has 1 aromatic rings. The van der Waals surface area contributed by atoms with E-state index < -0.39 is 11.2 Å². The fourth-order valence-electron chi connectivity index (χ4n) is 1.30. The van der Waals surface area contributed by atoms with Gasteiger partial charge in [-0.15, -0.1) is 5.10 Å². The van der Waals surface area contributed by atoms with Crippen LogP contribution in [0.5, 0.6) is 0 Å². The van der Waals surface area contributed by atoms with Crippen LogP contribution in [0, 0.1) is 0 Å². The highest BCUT2D eigenvalue weighted by molar-refractivity contribution is 8.00. The molecule has 0 atom stereocenters. The van der Waals surface area contributed by atoms with E-state index in [1.165, 1.54) is 0 Å². The molecule has 1 saturated carbocycles. The van der Waals surface area contributed by atoms with E-state index in [2.05, 4.69) is 26.8 Å². The molecule has 15 heavy (non-hydrogen) atoms. The minimum Gasteiger partial charge on any atom is -0.363 e.